The number of carbonyl (C=O) groups is 2. The molecule has 9 nitrogen and oxygen atoms in total. The topological polar surface area (TPSA) is 116 Å². The minimum atomic E-state index is -0.889. The van der Waals surface area contributed by atoms with Gasteiger partial charge in [-0.15, -0.1) is 0 Å². The molecule has 2 aromatic heterocycles. The number of aromatic nitrogens is 3. The molecule has 0 saturated carbocycles. The van der Waals surface area contributed by atoms with E-state index in [1.807, 2.05) is 32.9 Å². The number of ether oxygens (including phenoxy) is 1. The standard InChI is InChI=1S/C21H24N4O5/c1-7-29-21(28)17-15-19(30-24-17)22-14(6)25(20(15)27)13(5)18(26)23-16-11(3)8-10(2)9-12(16)4/h8-9,13H,7H2,1-6H3,(H,23,26)/t13-/m0/s1. The van der Waals surface area contributed by atoms with Crippen LogP contribution >= 0.6 is 0 Å². The van der Waals surface area contributed by atoms with E-state index in [1.54, 1.807) is 20.8 Å². The normalized spacial score (nSPS) is 12.1. The van der Waals surface area contributed by atoms with Crippen molar-refractivity contribution < 1.29 is 18.8 Å². The number of amides is 1. The van der Waals surface area contributed by atoms with Crippen LogP contribution in [-0.2, 0) is 9.53 Å². The van der Waals surface area contributed by atoms with Crippen molar-refractivity contribution in [2.24, 2.45) is 0 Å². The van der Waals surface area contributed by atoms with Crippen LogP contribution in [0.25, 0.3) is 11.1 Å². The van der Waals surface area contributed by atoms with Crippen LogP contribution in [0.2, 0.25) is 0 Å². The Hall–Kier alpha value is -3.49. The summed E-state index contributed by atoms with van der Waals surface area (Å²) < 4.78 is 11.2. The Balaban J connectivity index is 2.03. The summed E-state index contributed by atoms with van der Waals surface area (Å²) in [5, 5.41) is 6.43. The molecule has 9 heteroatoms. The van der Waals surface area contributed by atoms with Gasteiger partial charge in [0.05, 0.1) is 6.61 Å². The highest BCUT2D eigenvalue weighted by Gasteiger charge is 2.27. The second-order valence-electron chi connectivity index (χ2n) is 7.20. The van der Waals surface area contributed by atoms with Gasteiger partial charge in [-0.25, -0.2) is 4.79 Å². The van der Waals surface area contributed by atoms with Gasteiger partial charge < -0.3 is 14.6 Å². The van der Waals surface area contributed by atoms with Crippen LogP contribution in [0, 0.1) is 27.7 Å². The van der Waals surface area contributed by atoms with Crippen LogP contribution in [0.15, 0.2) is 21.5 Å². The number of hydrogen-bond donors (Lipinski definition) is 1. The van der Waals surface area contributed by atoms with Gasteiger partial charge in [0, 0.05) is 5.69 Å². The van der Waals surface area contributed by atoms with Gasteiger partial charge in [0.15, 0.2) is 0 Å². The Kier molecular flexibility index (Phi) is 5.73. The minimum absolute atomic E-state index is 0.0744. The lowest BCUT2D eigenvalue weighted by Gasteiger charge is -2.19. The van der Waals surface area contributed by atoms with Crippen molar-refractivity contribution in [3.8, 4) is 0 Å². The molecular weight excluding hydrogens is 388 g/mol. The highest BCUT2D eigenvalue weighted by atomic mass is 16.5. The van der Waals surface area contributed by atoms with Gasteiger partial charge in [0.1, 0.15) is 17.3 Å². The number of rotatable bonds is 5. The van der Waals surface area contributed by atoms with Crippen molar-refractivity contribution in [1.29, 1.82) is 0 Å². The highest BCUT2D eigenvalue weighted by Crippen LogP contribution is 2.23. The van der Waals surface area contributed by atoms with Crippen LogP contribution in [0.1, 0.15) is 52.9 Å². The van der Waals surface area contributed by atoms with Crippen molar-refractivity contribution in [2.45, 2.75) is 47.6 Å². The molecule has 0 unspecified atom stereocenters. The van der Waals surface area contributed by atoms with Crippen LogP contribution in [-0.4, -0.2) is 33.2 Å². The number of nitrogens with zero attached hydrogens (tertiary/aromatic N) is 3. The Morgan fingerprint density at radius 3 is 2.43 bits per heavy atom. The Morgan fingerprint density at radius 1 is 1.20 bits per heavy atom. The zero-order chi connectivity index (χ0) is 22.2. The zero-order valence-electron chi connectivity index (χ0n) is 17.8. The number of anilines is 1. The van der Waals surface area contributed by atoms with E-state index in [9.17, 15) is 14.4 Å². The molecule has 1 atom stereocenters. The van der Waals surface area contributed by atoms with Crippen molar-refractivity contribution in [3.63, 3.8) is 0 Å². The summed E-state index contributed by atoms with van der Waals surface area (Å²) in [6.07, 6.45) is 0. The first-order valence-corrected chi connectivity index (χ1v) is 9.60. The first kappa shape index (κ1) is 21.2. The van der Waals surface area contributed by atoms with Gasteiger partial charge in [-0.2, -0.15) is 4.98 Å². The quantitative estimate of drug-likeness (QED) is 0.640. The molecular formula is C21H24N4O5. The molecule has 0 radical (unpaired) electrons. The number of esters is 1. The van der Waals surface area contributed by atoms with Crippen LogP contribution in [0.3, 0.4) is 0 Å². The second-order valence-corrected chi connectivity index (χ2v) is 7.20. The number of fused-ring (bicyclic) bond motifs is 1. The Morgan fingerprint density at radius 2 is 1.83 bits per heavy atom. The lowest BCUT2D eigenvalue weighted by atomic mass is 10.0. The molecule has 0 aliphatic rings. The average Bonchev–Trinajstić information content (AvgIpc) is 3.08. The van der Waals surface area contributed by atoms with E-state index in [0.29, 0.717) is 5.69 Å². The first-order chi connectivity index (χ1) is 14.1. The number of aryl methyl sites for hydroxylation is 4. The lowest BCUT2D eigenvalue weighted by molar-refractivity contribution is -0.118. The molecule has 30 heavy (non-hydrogen) atoms. The molecule has 158 valence electrons. The average molecular weight is 412 g/mol. The molecule has 1 amide bonds. The van der Waals surface area contributed by atoms with Crippen molar-refractivity contribution in [3.05, 3.63) is 50.7 Å². The second kappa shape index (κ2) is 8.10. The van der Waals surface area contributed by atoms with E-state index >= 15 is 0 Å². The monoisotopic (exact) mass is 412 g/mol. The molecule has 0 spiro atoms. The fourth-order valence-corrected chi connectivity index (χ4v) is 3.54. The number of hydrogen-bond acceptors (Lipinski definition) is 7. The van der Waals surface area contributed by atoms with Crippen LogP contribution in [0.4, 0.5) is 5.69 Å². The number of nitrogens with one attached hydrogen (secondary N) is 1. The SMILES string of the molecule is CCOC(=O)c1noc2nc(C)n([C@@H](C)C(=O)Nc3c(C)cc(C)cc3C)c(=O)c12. The fourth-order valence-electron chi connectivity index (χ4n) is 3.54. The Bertz CT molecular complexity index is 1190. The summed E-state index contributed by atoms with van der Waals surface area (Å²) in [6, 6.07) is 3.06. The third-order valence-corrected chi connectivity index (χ3v) is 4.88. The maximum Gasteiger partial charge on any atom is 0.361 e. The van der Waals surface area contributed by atoms with Gasteiger partial charge >= 0.3 is 5.97 Å². The number of carbonyl (C=O) groups excluding carboxylic acids is 2. The molecule has 0 aliphatic heterocycles. The van der Waals surface area contributed by atoms with Gasteiger partial charge in [-0.05, 0) is 52.7 Å². The largest absolute Gasteiger partial charge is 0.461 e. The van der Waals surface area contributed by atoms with Crippen molar-refractivity contribution in [2.75, 3.05) is 11.9 Å². The molecule has 3 aromatic rings. The molecule has 2 heterocycles. The fraction of sp³-hybridized carbons (Fsp3) is 0.381. The number of benzene rings is 1. The molecule has 3 rings (SSSR count). The Labute approximate surface area is 173 Å². The van der Waals surface area contributed by atoms with Gasteiger partial charge in [0.25, 0.3) is 11.3 Å². The zero-order valence-corrected chi connectivity index (χ0v) is 17.8. The molecule has 0 aliphatic carbocycles. The summed E-state index contributed by atoms with van der Waals surface area (Å²) >= 11 is 0. The maximum atomic E-state index is 13.2. The molecule has 1 N–H and O–H groups in total. The summed E-state index contributed by atoms with van der Waals surface area (Å²) in [6.45, 7) is 10.7. The van der Waals surface area contributed by atoms with E-state index in [4.69, 9.17) is 9.26 Å². The summed E-state index contributed by atoms with van der Waals surface area (Å²) in [4.78, 5) is 42.4. The smallest absolute Gasteiger partial charge is 0.361 e. The first-order valence-electron chi connectivity index (χ1n) is 9.60. The van der Waals surface area contributed by atoms with E-state index in [-0.39, 0.29) is 35.1 Å². The third-order valence-electron chi connectivity index (χ3n) is 4.88. The van der Waals surface area contributed by atoms with Gasteiger partial charge in [0.2, 0.25) is 11.6 Å². The summed E-state index contributed by atoms with van der Waals surface area (Å²) in [5.41, 5.74) is 2.72. The maximum absolute atomic E-state index is 13.2. The highest BCUT2D eigenvalue weighted by molar-refractivity contribution is 6.00. The molecule has 0 fully saturated rings. The molecule has 0 bridgehead atoms. The van der Waals surface area contributed by atoms with Crippen LogP contribution in [0.5, 0.6) is 0 Å². The van der Waals surface area contributed by atoms with Crippen molar-refractivity contribution >= 4 is 28.7 Å². The van der Waals surface area contributed by atoms with Crippen molar-refractivity contribution in [1.82, 2.24) is 14.7 Å². The minimum Gasteiger partial charge on any atom is -0.461 e. The van der Waals surface area contributed by atoms with Crippen LogP contribution < -0.4 is 10.9 Å². The van der Waals surface area contributed by atoms with Gasteiger partial charge in [-0.1, -0.05) is 22.9 Å². The van der Waals surface area contributed by atoms with E-state index in [0.717, 1.165) is 16.7 Å². The van der Waals surface area contributed by atoms with E-state index in [2.05, 4.69) is 15.5 Å². The van der Waals surface area contributed by atoms with E-state index < -0.39 is 17.6 Å². The van der Waals surface area contributed by atoms with Gasteiger partial charge in [-0.3, -0.25) is 14.2 Å². The lowest BCUT2D eigenvalue weighted by Crippen LogP contribution is -2.34. The molecule has 1 aromatic carbocycles. The van der Waals surface area contributed by atoms with E-state index in [1.165, 1.54) is 4.57 Å². The third kappa shape index (κ3) is 3.70. The summed E-state index contributed by atoms with van der Waals surface area (Å²) in [7, 11) is 0. The predicted octanol–water partition coefficient (Wildman–Crippen LogP) is 2.99. The molecule has 0 saturated heterocycles. The summed E-state index contributed by atoms with van der Waals surface area (Å²) in [5.74, 6) is -0.904. The predicted molar refractivity (Wildman–Crippen MR) is 111 cm³/mol.